The number of methoxy groups -OCH3 is 1. The van der Waals surface area contributed by atoms with Crippen molar-refractivity contribution in [2.75, 3.05) is 7.11 Å². The third-order valence-electron chi connectivity index (χ3n) is 2.93. The maximum absolute atomic E-state index is 12.2. The third kappa shape index (κ3) is 1.69. The lowest BCUT2D eigenvalue weighted by Crippen LogP contribution is -2.12. The summed E-state index contributed by atoms with van der Waals surface area (Å²) in [4.78, 5) is 12.2. The zero-order valence-corrected chi connectivity index (χ0v) is 9.86. The first kappa shape index (κ1) is 11.1. The summed E-state index contributed by atoms with van der Waals surface area (Å²) in [6, 6.07) is 7.69. The van der Waals surface area contributed by atoms with Gasteiger partial charge in [-0.15, -0.1) is 0 Å². The Morgan fingerprint density at radius 1 is 1.31 bits per heavy atom. The van der Waals surface area contributed by atoms with Crippen LogP contribution in [0.5, 0.6) is 0 Å². The topological polar surface area (TPSA) is 26.3 Å². The van der Waals surface area contributed by atoms with E-state index in [0.29, 0.717) is 0 Å². The van der Waals surface area contributed by atoms with Gasteiger partial charge in [-0.2, -0.15) is 0 Å². The van der Waals surface area contributed by atoms with E-state index in [9.17, 15) is 4.79 Å². The van der Waals surface area contributed by atoms with Gasteiger partial charge in [-0.1, -0.05) is 35.9 Å². The van der Waals surface area contributed by atoms with Gasteiger partial charge >= 0.3 is 0 Å². The average molecular weight is 216 g/mol. The number of ketones is 1. The van der Waals surface area contributed by atoms with E-state index in [1.54, 1.807) is 7.11 Å². The first-order chi connectivity index (χ1) is 7.65. The zero-order valence-electron chi connectivity index (χ0n) is 9.86. The van der Waals surface area contributed by atoms with Crippen LogP contribution in [0.15, 0.2) is 35.9 Å². The van der Waals surface area contributed by atoms with Crippen LogP contribution in [0.25, 0.3) is 0 Å². The lowest BCUT2D eigenvalue weighted by molar-refractivity contribution is 0.0638. The summed E-state index contributed by atoms with van der Waals surface area (Å²) in [6.07, 6.45) is 1.87. The van der Waals surface area contributed by atoms with Crippen molar-refractivity contribution in [3.05, 3.63) is 47.0 Å². The van der Waals surface area contributed by atoms with Crippen molar-refractivity contribution in [3.63, 3.8) is 0 Å². The molecule has 0 spiro atoms. The molecule has 2 heteroatoms. The minimum atomic E-state index is -0.160. The van der Waals surface area contributed by atoms with Gasteiger partial charge in [-0.05, 0) is 19.4 Å². The van der Waals surface area contributed by atoms with Crippen molar-refractivity contribution < 1.29 is 9.53 Å². The van der Waals surface area contributed by atoms with Crippen molar-refractivity contribution in [2.24, 2.45) is 5.92 Å². The van der Waals surface area contributed by atoms with E-state index in [-0.39, 0.29) is 17.8 Å². The molecular weight excluding hydrogens is 200 g/mol. The largest absolute Gasteiger partial charge is 0.376 e. The molecule has 1 aliphatic carbocycles. The van der Waals surface area contributed by atoms with Gasteiger partial charge in [-0.3, -0.25) is 4.79 Å². The number of allylic oxidation sites excluding steroid dienone is 1. The molecular formula is C14H16O2. The van der Waals surface area contributed by atoms with Gasteiger partial charge in [0.25, 0.3) is 0 Å². The maximum Gasteiger partial charge on any atom is 0.173 e. The minimum Gasteiger partial charge on any atom is -0.376 e. The van der Waals surface area contributed by atoms with E-state index in [2.05, 4.69) is 0 Å². The fourth-order valence-corrected chi connectivity index (χ4v) is 2.28. The molecule has 0 saturated heterocycles. The SMILES string of the molecule is COC1c2ccccc2C(=O)C1C=C(C)C. The normalized spacial score (nSPS) is 23.1. The summed E-state index contributed by atoms with van der Waals surface area (Å²) in [5, 5.41) is 0. The van der Waals surface area contributed by atoms with Crippen LogP contribution in [-0.2, 0) is 4.74 Å². The number of Topliss-reactive ketones (excluding diaryl/α,β-unsaturated/α-hetero) is 1. The molecule has 0 aromatic heterocycles. The Bertz CT molecular complexity index is 442. The van der Waals surface area contributed by atoms with Gasteiger partial charge < -0.3 is 4.74 Å². The lowest BCUT2D eigenvalue weighted by atomic mass is 10.00. The summed E-state index contributed by atoms with van der Waals surface area (Å²) in [5.41, 5.74) is 2.96. The Labute approximate surface area is 95.9 Å². The molecule has 1 aromatic carbocycles. The van der Waals surface area contributed by atoms with Gasteiger partial charge in [0.1, 0.15) is 0 Å². The van der Waals surface area contributed by atoms with Crippen LogP contribution in [0, 0.1) is 5.92 Å². The molecule has 0 saturated carbocycles. The smallest absolute Gasteiger partial charge is 0.173 e. The van der Waals surface area contributed by atoms with E-state index in [4.69, 9.17) is 4.74 Å². The molecule has 0 amide bonds. The highest BCUT2D eigenvalue weighted by molar-refractivity contribution is 6.04. The van der Waals surface area contributed by atoms with Crippen molar-refractivity contribution in [1.29, 1.82) is 0 Å². The summed E-state index contributed by atoms with van der Waals surface area (Å²) in [5.74, 6) is 0.0102. The van der Waals surface area contributed by atoms with Crippen LogP contribution in [0.3, 0.4) is 0 Å². The average Bonchev–Trinajstić information content (AvgIpc) is 2.52. The van der Waals surface area contributed by atoms with Crippen molar-refractivity contribution in [3.8, 4) is 0 Å². The second-order valence-electron chi connectivity index (χ2n) is 4.38. The Morgan fingerprint density at radius 2 is 2.00 bits per heavy atom. The number of carbonyl (C=O) groups excluding carboxylic acids is 1. The van der Waals surface area contributed by atoms with Gasteiger partial charge in [0.2, 0.25) is 0 Å². The number of benzene rings is 1. The van der Waals surface area contributed by atoms with Crippen molar-refractivity contribution in [2.45, 2.75) is 20.0 Å². The molecule has 0 fully saturated rings. The molecule has 1 aliphatic rings. The van der Waals surface area contributed by atoms with Gasteiger partial charge in [0.15, 0.2) is 5.78 Å². The molecule has 0 radical (unpaired) electrons. The predicted octanol–water partition coefficient (Wildman–Crippen LogP) is 3.15. The van der Waals surface area contributed by atoms with Crippen LogP contribution in [0.1, 0.15) is 35.9 Å². The summed E-state index contributed by atoms with van der Waals surface area (Å²) < 4.78 is 5.46. The summed E-state index contributed by atoms with van der Waals surface area (Å²) in [7, 11) is 1.66. The molecule has 0 heterocycles. The third-order valence-corrected chi connectivity index (χ3v) is 2.93. The highest BCUT2D eigenvalue weighted by atomic mass is 16.5. The van der Waals surface area contributed by atoms with Crippen LogP contribution >= 0.6 is 0 Å². The Kier molecular flexibility index (Phi) is 2.92. The van der Waals surface area contributed by atoms with E-state index in [0.717, 1.165) is 16.7 Å². The molecule has 2 nitrogen and oxygen atoms in total. The maximum atomic E-state index is 12.2. The molecule has 2 atom stereocenters. The molecule has 0 bridgehead atoms. The predicted molar refractivity (Wildman–Crippen MR) is 63.4 cm³/mol. The molecule has 2 unspecified atom stereocenters. The standard InChI is InChI=1S/C14H16O2/c1-9(2)8-12-13(15)10-6-4-5-7-11(10)14(12)16-3/h4-8,12,14H,1-3H3. The van der Waals surface area contributed by atoms with Gasteiger partial charge in [-0.25, -0.2) is 0 Å². The first-order valence-electron chi connectivity index (χ1n) is 5.46. The summed E-state index contributed by atoms with van der Waals surface area (Å²) in [6.45, 7) is 4.01. The number of carbonyl (C=O) groups is 1. The Hall–Kier alpha value is -1.41. The first-order valence-corrected chi connectivity index (χ1v) is 5.46. The van der Waals surface area contributed by atoms with Crippen molar-refractivity contribution in [1.82, 2.24) is 0 Å². The second kappa shape index (κ2) is 4.22. The number of hydrogen-bond acceptors (Lipinski definition) is 2. The zero-order chi connectivity index (χ0) is 11.7. The van der Waals surface area contributed by atoms with Crippen LogP contribution < -0.4 is 0 Å². The monoisotopic (exact) mass is 216 g/mol. The Balaban J connectivity index is 2.47. The van der Waals surface area contributed by atoms with Gasteiger partial charge in [0.05, 0.1) is 12.0 Å². The molecule has 16 heavy (non-hydrogen) atoms. The number of rotatable bonds is 2. The van der Waals surface area contributed by atoms with E-state index in [1.807, 2.05) is 44.2 Å². The molecule has 2 rings (SSSR count). The minimum absolute atomic E-state index is 0.126. The van der Waals surface area contributed by atoms with E-state index < -0.39 is 0 Å². The van der Waals surface area contributed by atoms with Crippen molar-refractivity contribution >= 4 is 5.78 Å². The molecule has 0 N–H and O–H groups in total. The van der Waals surface area contributed by atoms with Gasteiger partial charge in [0, 0.05) is 12.7 Å². The molecule has 84 valence electrons. The fourth-order valence-electron chi connectivity index (χ4n) is 2.28. The fraction of sp³-hybridized carbons (Fsp3) is 0.357. The van der Waals surface area contributed by atoms with E-state index in [1.165, 1.54) is 0 Å². The lowest BCUT2D eigenvalue weighted by Gasteiger charge is -2.14. The highest BCUT2D eigenvalue weighted by Gasteiger charge is 2.38. The number of hydrogen-bond donors (Lipinski definition) is 0. The molecule has 0 aliphatic heterocycles. The second-order valence-corrected chi connectivity index (χ2v) is 4.38. The van der Waals surface area contributed by atoms with E-state index >= 15 is 0 Å². The highest BCUT2D eigenvalue weighted by Crippen LogP contribution is 2.39. The molecule has 1 aromatic rings. The summed E-state index contributed by atoms with van der Waals surface area (Å²) >= 11 is 0. The number of fused-ring (bicyclic) bond motifs is 1. The number of ether oxygens (including phenoxy) is 1. The Morgan fingerprint density at radius 3 is 2.62 bits per heavy atom. The van der Waals surface area contributed by atoms with Crippen LogP contribution in [0.2, 0.25) is 0 Å². The van der Waals surface area contributed by atoms with Crippen LogP contribution in [-0.4, -0.2) is 12.9 Å². The quantitative estimate of drug-likeness (QED) is 0.710. The van der Waals surface area contributed by atoms with Crippen LogP contribution in [0.4, 0.5) is 0 Å².